The van der Waals surface area contributed by atoms with Crippen molar-refractivity contribution in [2.24, 2.45) is 0 Å². The first kappa shape index (κ1) is 15.0. The quantitative estimate of drug-likeness (QED) is 0.426. The number of aromatic nitrogens is 4. The van der Waals surface area contributed by atoms with Crippen LogP contribution in [-0.2, 0) is 6.42 Å². The number of ketones is 1. The lowest BCUT2D eigenvalue weighted by molar-refractivity contribution is 0.103. The predicted molar refractivity (Wildman–Crippen MR) is 82.6 cm³/mol. The fourth-order valence-corrected chi connectivity index (χ4v) is 2.86. The van der Waals surface area contributed by atoms with E-state index in [0.29, 0.717) is 12.0 Å². The van der Waals surface area contributed by atoms with Crippen molar-refractivity contribution in [1.82, 2.24) is 20.6 Å². The van der Waals surface area contributed by atoms with E-state index in [1.165, 1.54) is 23.5 Å². The number of H-pyrrole nitrogens is 1. The minimum Gasteiger partial charge on any atom is -0.507 e. The number of benzene rings is 1. The van der Waals surface area contributed by atoms with Crippen LogP contribution in [0.2, 0.25) is 0 Å². The molecule has 2 heterocycles. The van der Waals surface area contributed by atoms with E-state index in [9.17, 15) is 14.3 Å². The van der Waals surface area contributed by atoms with Crippen molar-refractivity contribution in [2.45, 2.75) is 6.42 Å². The molecule has 2 aromatic heterocycles. The molecule has 0 atom stereocenters. The van der Waals surface area contributed by atoms with Gasteiger partial charge in [-0.25, -0.2) is 4.39 Å². The molecule has 0 radical (unpaired) electrons. The summed E-state index contributed by atoms with van der Waals surface area (Å²) in [5.74, 6) is -1.09. The van der Waals surface area contributed by atoms with Crippen molar-refractivity contribution in [3.63, 3.8) is 0 Å². The summed E-state index contributed by atoms with van der Waals surface area (Å²) >= 11 is 1.45. The first-order valence-corrected chi connectivity index (χ1v) is 7.50. The molecule has 0 aliphatic heterocycles. The summed E-state index contributed by atoms with van der Waals surface area (Å²) in [6, 6.07) is 8.02. The molecule has 23 heavy (non-hydrogen) atoms. The molecule has 0 aliphatic carbocycles. The Morgan fingerprint density at radius 2 is 2.13 bits per heavy atom. The van der Waals surface area contributed by atoms with E-state index in [4.69, 9.17) is 0 Å². The molecule has 1 aromatic carbocycles. The molecular formula is C15H11FN4O2S. The molecule has 0 fully saturated rings. The van der Waals surface area contributed by atoms with Gasteiger partial charge in [-0.3, -0.25) is 4.79 Å². The number of tetrazole rings is 1. The zero-order valence-corrected chi connectivity index (χ0v) is 12.5. The maximum Gasteiger partial charge on any atom is 0.244 e. The number of thiophene rings is 1. The van der Waals surface area contributed by atoms with Crippen molar-refractivity contribution in [1.29, 1.82) is 0 Å². The van der Waals surface area contributed by atoms with Crippen LogP contribution in [-0.4, -0.2) is 31.5 Å². The molecule has 3 aromatic rings. The summed E-state index contributed by atoms with van der Waals surface area (Å²) in [4.78, 5) is 12.8. The monoisotopic (exact) mass is 330 g/mol. The number of hydrogen-bond donors (Lipinski definition) is 2. The Hall–Kier alpha value is -2.87. The van der Waals surface area contributed by atoms with Gasteiger partial charge in [-0.2, -0.15) is 5.21 Å². The van der Waals surface area contributed by atoms with E-state index in [0.717, 1.165) is 16.5 Å². The summed E-state index contributed by atoms with van der Waals surface area (Å²) in [6.07, 6.45) is 1.67. The summed E-state index contributed by atoms with van der Waals surface area (Å²) in [5, 5.41) is 24.3. The van der Waals surface area contributed by atoms with Gasteiger partial charge in [-0.1, -0.05) is 12.1 Å². The summed E-state index contributed by atoms with van der Waals surface area (Å²) < 4.78 is 12.9. The van der Waals surface area contributed by atoms with E-state index < -0.39 is 5.78 Å². The Balaban J connectivity index is 1.73. The van der Waals surface area contributed by atoms with Crippen LogP contribution in [0.5, 0.6) is 0 Å². The normalized spacial score (nSPS) is 11.6. The molecule has 0 saturated heterocycles. The standard InChI is InChI=1S/C15H11FN4O2S/c16-11-3-1-9(2-4-11)5-12-6-10(8-23-12)13(21)7-14(22)15-17-19-20-18-15/h1-4,6-8,21H,5H2,(H,17,18,19,20). The number of carbonyl (C=O) groups is 1. The van der Waals surface area contributed by atoms with Gasteiger partial charge in [0, 0.05) is 28.3 Å². The lowest BCUT2D eigenvalue weighted by atomic mass is 10.1. The molecule has 0 aliphatic rings. The third-order valence-electron chi connectivity index (χ3n) is 3.07. The molecule has 2 N–H and O–H groups in total. The van der Waals surface area contributed by atoms with E-state index in [-0.39, 0.29) is 17.4 Å². The molecular weight excluding hydrogens is 319 g/mol. The predicted octanol–water partition coefficient (Wildman–Crippen LogP) is 2.77. The largest absolute Gasteiger partial charge is 0.507 e. The van der Waals surface area contributed by atoms with Crippen molar-refractivity contribution < 1.29 is 14.3 Å². The van der Waals surface area contributed by atoms with Crippen LogP contribution in [0.25, 0.3) is 5.76 Å². The summed E-state index contributed by atoms with van der Waals surface area (Å²) in [5.41, 5.74) is 1.50. The second-order valence-corrected chi connectivity index (χ2v) is 5.73. The van der Waals surface area contributed by atoms with Gasteiger partial charge in [0.1, 0.15) is 11.6 Å². The highest BCUT2D eigenvalue weighted by molar-refractivity contribution is 7.10. The SMILES string of the molecule is O=C(C=C(O)c1csc(Cc2ccc(F)cc2)c1)c1nn[nH]n1. The summed E-state index contributed by atoms with van der Waals surface area (Å²) in [6.45, 7) is 0. The lowest BCUT2D eigenvalue weighted by Gasteiger charge is -1.98. The van der Waals surface area contributed by atoms with Crippen LogP contribution in [0, 0.1) is 5.82 Å². The minimum absolute atomic E-state index is 0.113. The number of rotatable bonds is 5. The van der Waals surface area contributed by atoms with E-state index in [2.05, 4.69) is 20.6 Å². The highest BCUT2D eigenvalue weighted by atomic mass is 32.1. The Labute approximate surface area is 134 Å². The zero-order valence-electron chi connectivity index (χ0n) is 11.7. The number of nitrogens with one attached hydrogen (secondary N) is 1. The lowest BCUT2D eigenvalue weighted by Crippen LogP contribution is -1.99. The van der Waals surface area contributed by atoms with Gasteiger partial charge in [-0.05, 0) is 29.0 Å². The number of halogens is 1. The molecule has 6 nitrogen and oxygen atoms in total. The van der Waals surface area contributed by atoms with Gasteiger partial charge < -0.3 is 5.11 Å². The highest BCUT2D eigenvalue weighted by Gasteiger charge is 2.11. The topological polar surface area (TPSA) is 91.8 Å². The first-order chi connectivity index (χ1) is 11.1. The molecule has 0 bridgehead atoms. The molecule has 8 heteroatoms. The summed E-state index contributed by atoms with van der Waals surface area (Å²) in [7, 11) is 0. The number of allylic oxidation sites excluding steroid dienone is 1. The van der Waals surface area contributed by atoms with Gasteiger partial charge in [0.25, 0.3) is 0 Å². The Bertz CT molecular complexity index is 841. The third-order valence-corrected chi connectivity index (χ3v) is 4.01. The van der Waals surface area contributed by atoms with Gasteiger partial charge >= 0.3 is 0 Å². The number of aliphatic hydroxyl groups excluding tert-OH is 1. The van der Waals surface area contributed by atoms with E-state index in [1.807, 2.05) is 0 Å². The van der Waals surface area contributed by atoms with Crippen molar-refractivity contribution in [2.75, 3.05) is 0 Å². The number of nitrogens with zero attached hydrogens (tertiary/aromatic N) is 3. The Morgan fingerprint density at radius 1 is 1.35 bits per heavy atom. The molecule has 0 spiro atoms. The molecule has 0 saturated carbocycles. The minimum atomic E-state index is -0.539. The zero-order chi connectivity index (χ0) is 16.2. The number of carbonyl (C=O) groups excluding carboxylic acids is 1. The van der Waals surface area contributed by atoms with Crippen molar-refractivity contribution >= 4 is 22.9 Å². The maximum absolute atomic E-state index is 12.9. The van der Waals surface area contributed by atoms with Gasteiger partial charge in [0.15, 0.2) is 0 Å². The maximum atomic E-state index is 12.9. The van der Waals surface area contributed by atoms with Crippen LogP contribution in [0.1, 0.15) is 26.6 Å². The number of aromatic amines is 1. The van der Waals surface area contributed by atoms with Crippen molar-refractivity contribution in [3.8, 4) is 0 Å². The van der Waals surface area contributed by atoms with Crippen LogP contribution >= 0.6 is 11.3 Å². The smallest absolute Gasteiger partial charge is 0.244 e. The van der Waals surface area contributed by atoms with Crippen LogP contribution in [0.15, 0.2) is 41.8 Å². The Kier molecular flexibility index (Phi) is 4.24. The van der Waals surface area contributed by atoms with E-state index >= 15 is 0 Å². The van der Waals surface area contributed by atoms with Crippen molar-refractivity contribution in [3.05, 3.63) is 69.4 Å². The molecule has 0 unspecified atom stereocenters. The van der Waals surface area contributed by atoms with Crippen LogP contribution in [0.4, 0.5) is 4.39 Å². The van der Waals surface area contributed by atoms with Gasteiger partial charge in [0.2, 0.25) is 11.6 Å². The molecule has 0 amide bonds. The van der Waals surface area contributed by atoms with Gasteiger partial charge in [-0.15, -0.1) is 21.5 Å². The number of hydrogen-bond acceptors (Lipinski definition) is 6. The Morgan fingerprint density at radius 3 is 2.83 bits per heavy atom. The molecule has 116 valence electrons. The fraction of sp³-hybridized carbons (Fsp3) is 0.0667. The van der Waals surface area contributed by atoms with Crippen LogP contribution in [0.3, 0.4) is 0 Å². The second-order valence-electron chi connectivity index (χ2n) is 4.73. The average molecular weight is 330 g/mol. The van der Waals surface area contributed by atoms with E-state index in [1.54, 1.807) is 23.6 Å². The highest BCUT2D eigenvalue weighted by Crippen LogP contribution is 2.23. The van der Waals surface area contributed by atoms with Gasteiger partial charge in [0.05, 0.1) is 0 Å². The fourth-order valence-electron chi connectivity index (χ4n) is 1.95. The second kappa shape index (κ2) is 6.49. The number of aliphatic hydroxyl groups is 1. The van der Waals surface area contributed by atoms with Crippen LogP contribution < -0.4 is 0 Å². The first-order valence-electron chi connectivity index (χ1n) is 6.62. The average Bonchev–Trinajstić information content (AvgIpc) is 3.21. The molecule has 3 rings (SSSR count). The third kappa shape index (κ3) is 3.67.